The maximum atomic E-state index is 12.4. The van der Waals surface area contributed by atoms with Crippen molar-refractivity contribution in [1.82, 2.24) is 14.6 Å². The van der Waals surface area contributed by atoms with Gasteiger partial charge in [-0.15, -0.1) is 0 Å². The van der Waals surface area contributed by atoms with Crippen LogP contribution in [0.4, 0.5) is 5.69 Å². The quantitative estimate of drug-likeness (QED) is 0.381. The fourth-order valence-corrected chi connectivity index (χ4v) is 3.74. The second kappa shape index (κ2) is 6.78. The van der Waals surface area contributed by atoms with Gasteiger partial charge in [0.25, 0.3) is 11.2 Å². The predicted molar refractivity (Wildman–Crippen MR) is 108 cm³/mol. The van der Waals surface area contributed by atoms with Crippen LogP contribution in [0.15, 0.2) is 53.5 Å². The molecule has 28 heavy (non-hydrogen) atoms. The Hall–Kier alpha value is -3.16. The molecule has 1 N–H and O–H groups in total. The Morgan fingerprint density at radius 2 is 1.86 bits per heavy atom. The van der Waals surface area contributed by atoms with E-state index < -0.39 is 4.92 Å². The molecule has 2 aromatic carbocycles. The average molecular weight is 415 g/mol. The highest BCUT2D eigenvalue weighted by molar-refractivity contribution is 6.36. The lowest BCUT2D eigenvalue weighted by atomic mass is 9.93. The van der Waals surface area contributed by atoms with Crippen LogP contribution in [-0.2, 0) is 0 Å². The lowest BCUT2D eigenvalue weighted by Crippen LogP contribution is -2.14. The zero-order chi connectivity index (χ0) is 20.0. The van der Waals surface area contributed by atoms with Gasteiger partial charge in [0.05, 0.1) is 16.2 Å². The molecule has 2 heterocycles. The third-order valence-corrected chi connectivity index (χ3v) is 5.05. The number of aromatic nitrogens is 3. The van der Waals surface area contributed by atoms with Gasteiger partial charge < -0.3 is 0 Å². The Bertz CT molecular complexity index is 1310. The molecular formula is C19H12Cl2N4O3. The number of H-pyrrole nitrogens is 1. The van der Waals surface area contributed by atoms with Gasteiger partial charge >= 0.3 is 0 Å². The number of halogens is 2. The molecule has 0 aliphatic heterocycles. The third kappa shape index (κ3) is 2.94. The van der Waals surface area contributed by atoms with Gasteiger partial charge in [-0.3, -0.25) is 20.0 Å². The Morgan fingerprint density at radius 3 is 2.57 bits per heavy atom. The molecule has 0 amide bonds. The lowest BCUT2D eigenvalue weighted by molar-refractivity contribution is -0.384. The zero-order valence-corrected chi connectivity index (χ0v) is 16.0. The normalized spacial score (nSPS) is 11.1. The first-order valence-corrected chi connectivity index (χ1v) is 8.93. The maximum Gasteiger partial charge on any atom is 0.279 e. The molecule has 0 saturated carbocycles. The molecule has 4 aromatic rings. The summed E-state index contributed by atoms with van der Waals surface area (Å²) in [4.78, 5) is 27.9. The summed E-state index contributed by atoms with van der Waals surface area (Å²) in [7, 11) is 0. The van der Waals surface area contributed by atoms with Crippen molar-refractivity contribution in [1.29, 1.82) is 0 Å². The van der Waals surface area contributed by atoms with Crippen molar-refractivity contribution in [2.75, 3.05) is 0 Å². The van der Waals surface area contributed by atoms with Crippen molar-refractivity contribution in [3.63, 3.8) is 0 Å². The van der Waals surface area contributed by atoms with E-state index in [-0.39, 0.29) is 22.5 Å². The standard InChI is InChI=1S/C19H12Cl2N4O3/c1-10-12(13-3-2-11(20)8-14(13)21)4-5-16(25(27)28)19(10)15-9-18(26)24-17(23-15)6-7-22-24/h2-9,22H,1H3. The second-order valence-electron chi connectivity index (χ2n) is 6.15. The summed E-state index contributed by atoms with van der Waals surface area (Å²) in [6, 6.07) is 11.0. The van der Waals surface area contributed by atoms with Crippen LogP contribution in [0.2, 0.25) is 10.0 Å². The Balaban J connectivity index is 2.04. The number of aromatic amines is 1. The van der Waals surface area contributed by atoms with Crippen molar-refractivity contribution in [3.8, 4) is 22.4 Å². The first-order valence-electron chi connectivity index (χ1n) is 8.18. The van der Waals surface area contributed by atoms with E-state index in [0.717, 1.165) is 0 Å². The molecule has 2 aromatic heterocycles. The van der Waals surface area contributed by atoms with E-state index in [1.807, 2.05) is 0 Å². The minimum atomic E-state index is -0.490. The number of hydrogen-bond acceptors (Lipinski definition) is 4. The Kier molecular flexibility index (Phi) is 4.41. The number of nitro groups is 1. The summed E-state index contributed by atoms with van der Waals surface area (Å²) < 4.78 is 1.25. The minimum Gasteiger partial charge on any atom is -0.297 e. The highest BCUT2D eigenvalue weighted by Gasteiger charge is 2.23. The number of rotatable bonds is 3. The van der Waals surface area contributed by atoms with Crippen LogP contribution < -0.4 is 5.56 Å². The minimum absolute atomic E-state index is 0.141. The van der Waals surface area contributed by atoms with Crippen molar-refractivity contribution in [2.24, 2.45) is 0 Å². The Labute approximate surface area is 168 Å². The molecule has 0 fully saturated rings. The number of hydrogen-bond donors (Lipinski definition) is 1. The van der Waals surface area contributed by atoms with Crippen molar-refractivity contribution >= 4 is 34.5 Å². The summed E-state index contributed by atoms with van der Waals surface area (Å²) in [5, 5.41) is 15.3. The van der Waals surface area contributed by atoms with Crippen LogP contribution in [0.5, 0.6) is 0 Å². The van der Waals surface area contributed by atoms with Crippen LogP contribution in [0.25, 0.3) is 28.0 Å². The number of nitrogens with zero attached hydrogens (tertiary/aromatic N) is 3. The fourth-order valence-electron chi connectivity index (χ4n) is 3.23. The van der Waals surface area contributed by atoms with Gasteiger partial charge in [-0.25, -0.2) is 9.50 Å². The van der Waals surface area contributed by atoms with Gasteiger partial charge in [0.1, 0.15) is 0 Å². The molecule has 0 aliphatic rings. The number of fused-ring (bicyclic) bond motifs is 1. The molecule has 4 rings (SSSR count). The summed E-state index contributed by atoms with van der Waals surface area (Å²) in [6.45, 7) is 1.74. The molecule has 0 radical (unpaired) electrons. The summed E-state index contributed by atoms with van der Waals surface area (Å²) in [5.41, 5.74) is 2.32. The molecule has 0 unspecified atom stereocenters. The summed E-state index contributed by atoms with van der Waals surface area (Å²) >= 11 is 12.3. The van der Waals surface area contributed by atoms with Gasteiger partial charge in [-0.05, 0) is 36.2 Å². The second-order valence-corrected chi connectivity index (χ2v) is 6.99. The zero-order valence-electron chi connectivity index (χ0n) is 14.4. The van der Waals surface area contributed by atoms with Crippen molar-refractivity contribution < 1.29 is 4.92 Å². The van der Waals surface area contributed by atoms with Gasteiger partial charge in [-0.2, -0.15) is 0 Å². The maximum absolute atomic E-state index is 12.4. The Morgan fingerprint density at radius 1 is 1.11 bits per heavy atom. The molecule has 0 saturated heterocycles. The fraction of sp³-hybridized carbons (Fsp3) is 0.0526. The van der Waals surface area contributed by atoms with E-state index in [0.29, 0.717) is 32.4 Å². The van der Waals surface area contributed by atoms with Gasteiger partial charge in [0, 0.05) is 40.0 Å². The SMILES string of the molecule is Cc1c(-c2ccc(Cl)cc2Cl)ccc([N+](=O)[O-])c1-c1cc(=O)n2[nH]ccc2n1. The van der Waals surface area contributed by atoms with E-state index in [2.05, 4.69) is 10.1 Å². The van der Waals surface area contributed by atoms with Crippen LogP contribution in [0, 0.1) is 17.0 Å². The largest absolute Gasteiger partial charge is 0.297 e. The molecular weight excluding hydrogens is 403 g/mol. The smallest absolute Gasteiger partial charge is 0.279 e. The van der Waals surface area contributed by atoms with E-state index in [1.54, 1.807) is 43.5 Å². The number of benzene rings is 2. The first-order chi connectivity index (χ1) is 13.4. The molecule has 0 atom stereocenters. The monoisotopic (exact) mass is 414 g/mol. The van der Waals surface area contributed by atoms with Crippen LogP contribution in [-0.4, -0.2) is 19.5 Å². The topological polar surface area (TPSA) is 93.3 Å². The molecule has 0 aliphatic carbocycles. The van der Waals surface area contributed by atoms with Crippen molar-refractivity contribution in [2.45, 2.75) is 6.92 Å². The molecule has 7 nitrogen and oxygen atoms in total. The molecule has 0 spiro atoms. The van der Waals surface area contributed by atoms with E-state index >= 15 is 0 Å². The molecule has 9 heteroatoms. The van der Waals surface area contributed by atoms with Crippen LogP contribution in [0.3, 0.4) is 0 Å². The van der Waals surface area contributed by atoms with Crippen LogP contribution >= 0.6 is 23.2 Å². The number of nitro benzene ring substituents is 1. The van der Waals surface area contributed by atoms with Crippen LogP contribution in [0.1, 0.15) is 5.56 Å². The highest BCUT2D eigenvalue weighted by Crippen LogP contribution is 2.40. The van der Waals surface area contributed by atoms with E-state index in [1.165, 1.54) is 16.6 Å². The predicted octanol–water partition coefficient (Wildman–Crippen LogP) is 4.88. The van der Waals surface area contributed by atoms with E-state index in [4.69, 9.17) is 23.2 Å². The summed E-state index contributed by atoms with van der Waals surface area (Å²) in [6.07, 6.45) is 1.57. The molecule has 0 bridgehead atoms. The van der Waals surface area contributed by atoms with Crippen molar-refractivity contribution in [3.05, 3.63) is 84.7 Å². The first kappa shape index (κ1) is 18.2. The number of nitrogens with one attached hydrogen (secondary N) is 1. The van der Waals surface area contributed by atoms with E-state index in [9.17, 15) is 14.9 Å². The summed E-state index contributed by atoms with van der Waals surface area (Å²) in [5.74, 6) is 0. The highest BCUT2D eigenvalue weighted by atomic mass is 35.5. The third-order valence-electron chi connectivity index (χ3n) is 4.50. The van der Waals surface area contributed by atoms with Gasteiger partial charge in [0.15, 0.2) is 5.65 Å². The van der Waals surface area contributed by atoms with Gasteiger partial charge in [0.2, 0.25) is 0 Å². The lowest BCUT2D eigenvalue weighted by Gasteiger charge is -2.13. The average Bonchev–Trinajstić information content (AvgIpc) is 3.11. The van der Waals surface area contributed by atoms with Gasteiger partial charge in [-0.1, -0.05) is 29.3 Å². The molecule has 140 valence electrons.